The monoisotopic (exact) mass is 497 g/mol. The van der Waals surface area contributed by atoms with E-state index in [1.165, 1.54) is 0 Å². The molecule has 0 radical (unpaired) electrons. The van der Waals surface area contributed by atoms with Crippen LogP contribution in [0.3, 0.4) is 0 Å². The van der Waals surface area contributed by atoms with E-state index in [2.05, 4.69) is 53.3 Å². The molecule has 2 heterocycles. The van der Waals surface area contributed by atoms with Crippen LogP contribution in [0, 0.1) is 5.92 Å². The standard InChI is InChI=1S/C24H28BrN5O2/c1-29(21-7-3-2-4-8-21)15-13-26-24(31)19-6-5-14-30(16-19)17-22-27-23(28-32-22)18-9-11-20(25)12-10-18/h2-4,7-12,19H,5-6,13-17H2,1H3,(H,26,31). The van der Waals surface area contributed by atoms with E-state index in [1.54, 1.807) is 0 Å². The number of hydrogen-bond donors (Lipinski definition) is 1. The number of likely N-dealkylation sites (tertiary alicyclic amines) is 1. The first-order chi connectivity index (χ1) is 15.6. The molecule has 1 amide bonds. The van der Waals surface area contributed by atoms with E-state index in [1.807, 2.05) is 49.5 Å². The minimum Gasteiger partial charge on any atom is -0.373 e. The smallest absolute Gasteiger partial charge is 0.241 e. The minimum absolute atomic E-state index is 0.0142. The maximum Gasteiger partial charge on any atom is 0.241 e. The molecule has 32 heavy (non-hydrogen) atoms. The molecule has 1 N–H and O–H groups in total. The zero-order valence-electron chi connectivity index (χ0n) is 18.2. The summed E-state index contributed by atoms with van der Waals surface area (Å²) in [6.07, 6.45) is 1.89. The highest BCUT2D eigenvalue weighted by molar-refractivity contribution is 9.10. The fourth-order valence-corrected chi connectivity index (χ4v) is 4.21. The Kier molecular flexibility index (Phi) is 7.55. The predicted molar refractivity (Wildman–Crippen MR) is 128 cm³/mol. The van der Waals surface area contributed by atoms with E-state index >= 15 is 0 Å². The number of hydrogen-bond acceptors (Lipinski definition) is 6. The van der Waals surface area contributed by atoms with E-state index in [0.29, 0.717) is 31.3 Å². The molecule has 1 saturated heterocycles. The maximum atomic E-state index is 12.7. The highest BCUT2D eigenvalue weighted by Crippen LogP contribution is 2.21. The van der Waals surface area contributed by atoms with Gasteiger partial charge in [-0.1, -0.05) is 39.3 Å². The van der Waals surface area contributed by atoms with Gasteiger partial charge in [0.25, 0.3) is 0 Å². The van der Waals surface area contributed by atoms with E-state index in [9.17, 15) is 4.79 Å². The second-order valence-corrected chi connectivity index (χ2v) is 9.06. The van der Waals surface area contributed by atoms with Crippen LogP contribution < -0.4 is 10.2 Å². The Labute approximate surface area is 196 Å². The topological polar surface area (TPSA) is 74.5 Å². The quantitative estimate of drug-likeness (QED) is 0.507. The van der Waals surface area contributed by atoms with Crippen molar-refractivity contribution in [3.8, 4) is 11.4 Å². The number of rotatable bonds is 8. The lowest BCUT2D eigenvalue weighted by atomic mass is 9.97. The number of nitrogens with one attached hydrogen (secondary N) is 1. The van der Waals surface area contributed by atoms with Gasteiger partial charge in [0.2, 0.25) is 17.6 Å². The Morgan fingerprint density at radius 1 is 1.22 bits per heavy atom. The summed E-state index contributed by atoms with van der Waals surface area (Å²) in [5.41, 5.74) is 2.06. The van der Waals surface area contributed by atoms with E-state index < -0.39 is 0 Å². The average molecular weight is 498 g/mol. The van der Waals surface area contributed by atoms with Crippen molar-refractivity contribution in [2.24, 2.45) is 5.92 Å². The lowest BCUT2D eigenvalue weighted by Crippen LogP contribution is -2.44. The molecule has 2 aromatic carbocycles. The van der Waals surface area contributed by atoms with Crippen molar-refractivity contribution < 1.29 is 9.32 Å². The molecule has 0 saturated carbocycles. The molecule has 1 fully saturated rings. The third-order valence-corrected chi connectivity index (χ3v) is 6.28. The number of para-hydroxylation sites is 1. The summed E-state index contributed by atoms with van der Waals surface area (Å²) in [5.74, 6) is 1.27. The second-order valence-electron chi connectivity index (χ2n) is 8.14. The van der Waals surface area contributed by atoms with Crippen LogP contribution >= 0.6 is 15.9 Å². The van der Waals surface area contributed by atoms with Gasteiger partial charge in [-0.05, 0) is 55.8 Å². The number of halogens is 1. The number of nitrogens with zero attached hydrogens (tertiary/aromatic N) is 4. The maximum absolute atomic E-state index is 12.7. The molecule has 7 nitrogen and oxygen atoms in total. The molecule has 3 aromatic rings. The van der Waals surface area contributed by atoms with Gasteiger partial charge in [0.05, 0.1) is 12.5 Å². The summed E-state index contributed by atoms with van der Waals surface area (Å²) < 4.78 is 6.47. The summed E-state index contributed by atoms with van der Waals surface area (Å²) in [6, 6.07) is 18.0. The first kappa shape index (κ1) is 22.5. The summed E-state index contributed by atoms with van der Waals surface area (Å²) >= 11 is 3.43. The fourth-order valence-electron chi connectivity index (χ4n) is 3.94. The van der Waals surface area contributed by atoms with Crippen LogP contribution in [0.4, 0.5) is 5.69 Å². The van der Waals surface area contributed by atoms with Crippen LogP contribution in [0.5, 0.6) is 0 Å². The van der Waals surface area contributed by atoms with Gasteiger partial charge in [-0.3, -0.25) is 9.69 Å². The molecule has 1 unspecified atom stereocenters. The van der Waals surface area contributed by atoms with Crippen LogP contribution in [-0.4, -0.2) is 54.2 Å². The van der Waals surface area contributed by atoms with Crippen LogP contribution in [0.25, 0.3) is 11.4 Å². The molecule has 1 aliphatic rings. The number of benzene rings is 2. The first-order valence-electron chi connectivity index (χ1n) is 10.9. The van der Waals surface area contributed by atoms with E-state index in [-0.39, 0.29) is 11.8 Å². The molecular formula is C24H28BrN5O2. The second kappa shape index (κ2) is 10.7. The normalized spacial score (nSPS) is 16.6. The number of carbonyl (C=O) groups is 1. The van der Waals surface area contributed by atoms with Crippen molar-refractivity contribution in [1.29, 1.82) is 0 Å². The summed E-state index contributed by atoms with van der Waals surface area (Å²) in [7, 11) is 2.04. The summed E-state index contributed by atoms with van der Waals surface area (Å²) in [6.45, 7) is 3.59. The van der Waals surface area contributed by atoms with Crippen LogP contribution in [0.1, 0.15) is 18.7 Å². The Morgan fingerprint density at radius 3 is 2.78 bits per heavy atom. The zero-order valence-corrected chi connectivity index (χ0v) is 19.8. The SMILES string of the molecule is CN(CCNC(=O)C1CCCN(Cc2nc(-c3ccc(Br)cc3)no2)C1)c1ccccc1. The minimum atomic E-state index is -0.0142. The molecular weight excluding hydrogens is 470 g/mol. The summed E-state index contributed by atoms with van der Waals surface area (Å²) in [5, 5.41) is 7.21. The van der Waals surface area contributed by atoms with Crippen molar-refractivity contribution in [2.45, 2.75) is 19.4 Å². The molecule has 1 atom stereocenters. The van der Waals surface area contributed by atoms with Crippen molar-refractivity contribution in [2.75, 3.05) is 38.1 Å². The largest absolute Gasteiger partial charge is 0.373 e. The van der Waals surface area contributed by atoms with Gasteiger partial charge in [0.1, 0.15) is 0 Å². The van der Waals surface area contributed by atoms with Gasteiger partial charge in [0.15, 0.2) is 0 Å². The highest BCUT2D eigenvalue weighted by atomic mass is 79.9. The predicted octanol–water partition coefficient (Wildman–Crippen LogP) is 3.96. The van der Waals surface area contributed by atoms with Crippen LogP contribution in [0.2, 0.25) is 0 Å². The van der Waals surface area contributed by atoms with Crippen molar-refractivity contribution in [3.05, 3.63) is 65.0 Å². The molecule has 4 rings (SSSR count). The van der Waals surface area contributed by atoms with Gasteiger partial charge in [0, 0.05) is 42.4 Å². The molecule has 168 valence electrons. The van der Waals surface area contributed by atoms with Gasteiger partial charge < -0.3 is 14.7 Å². The molecule has 0 aliphatic carbocycles. The third-order valence-electron chi connectivity index (χ3n) is 5.75. The van der Waals surface area contributed by atoms with Crippen LogP contribution in [0.15, 0.2) is 63.6 Å². The molecule has 0 bridgehead atoms. The van der Waals surface area contributed by atoms with Gasteiger partial charge in [-0.2, -0.15) is 4.98 Å². The third kappa shape index (κ3) is 5.95. The number of likely N-dealkylation sites (N-methyl/N-ethyl adjacent to an activating group) is 1. The first-order valence-corrected chi connectivity index (χ1v) is 11.7. The Hall–Kier alpha value is -2.71. The van der Waals surface area contributed by atoms with Crippen molar-refractivity contribution >= 4 is 27.5 Å². The Bertz CT molecular complexity index is 1010. The van der Waals surface area contributed by atoms with Crippen LogP contribution in [-0.2, 0) is 11.3 Å². The Morgan fingerprint density at radius 2 is 2.00 bits per heavy atom. The molecule has 0 spiro atoms. The molecule has 8 heteroatoms. The molecule has 1 aliphatic heterocycles. The number of aromatic nitrogens is 2. The lowest BCUT2D eigenvalue weighted by Gasteiger charge is -2.31. The fraction of sp³-hybridized carbons (Fsp3) is 0.375. The number of carbonyl (C=O) groups excluding carboxylic acids is 1. The number of anilines is 1. The highest BCUT2D eigenvalue weighted by Gasteiger charge is 2.26. The van der Waals surface area contributed by atoms with E-state index in [4.69, 9.17) is 4.52 Å². The number of piperidine rings is 1. The number of amides is 1. The average Bonchev–Trinajstić information content (AvgIpc) is 3.28. The van der Waals surface area contributed by atoms with E-state index in [0.717, 1.165) is 41.7 Å². The summed E-state index contributed by atoms with van der Waals surface area (Å²) in [4.78, 5) is 21.6. The lowest BCUT2D eigenvalue weighted by molar-refractivity contribution is -0.126. The zero-order chi connectivity index (χ0) is 22.3. The van der Waals surface area contributed by atoms with Crippen molar-refractivity contribution in [3.63, 3.8) is 0 Å². The van der Waals surface area contributed by atoms with Gasteiger partial charge in [-0.15, -0.1) is 0 Å². The van der Waals surface area contributed by atoms with Gasteiger partial charge in [-0.25, -0.2) is 0 Å². The van der Waals surface area contributed by atoms with Crippen molar-refractivity contribution in [1.82, 2.24) is 20.4 Å². The molecule has 1 aromatic heterocycles. The van der Waals surface area contributed by atoms with Gasteiger partial charge >= 0.3 is 0 Å². The Balaban J connectivity index is 1.25.